The summed E-state index contributed by atoms with van der Waals surface area (Å²) in [5.74, 6) is 1.57. The number of aliphatic hydroxyl groups excluding tert-OH is 1. The molecule has 5 heteroatoms. The lowest BCUT2D eigenvalue weighted by molar-refractivity contribution is 0.0368. The molecule has 122 valence electrons. The van der Waals surface area contributed by atoms with Gasteiger partial charge in [0.25, 0.3) is 0 Å². The van der Waals surface area contributed by atoms with Crippen LogP contribution in [-0.4, -0.2) is 49.5 Å². The molecule has 0 aromatic carbocycles. The van der Waals surface area contributed by atoms with Gasteiger partial charge in [0.1, 0.15) is 0 Å². The zero-order chi connectivity index (χ0) is 14.9. The number of hydrogen-bond acceptors (Lipinski definition) is 3. The fraction of sp³-hybridized carbons (Fsp3) is 0.938. The van der Waals surface area contributed by atoms with Crippen LogP contribution >= 0.6 is 0 Å². The third kappa shape index (κ3) is 7.14. The average molecular weight is 297 g/mol. The second-order valence-electron chi connectivity index (χ2n) is 6.33. The second-order valence-corrected chi connectivity index (χ2v) is 6.33. The van der Waals surface area contributed by atoms with Gasteiger partial charge in [-0.1, -0.05) is 19.3 Å². The standard InChI is InChI=1S/C16H31N3O2/c1-2-17-16(19-14-6-4-3-5-7-14)18-10-15(20)12-21-11-13-8-9-13/h13-15,20H,2-12H2,1H3,(H2,17,18,19). The molecule has 2 aliphatic carbocycles. The molecule has 1 atom stereocenters. The lowest BCUT2D eigenvalue weighted by atomic mass is 9.96. The summed E-state index contributed by atoms with van der Waals surface area (Å²) in [4.78, 5) is 4.49. The molecule has 0 aliphatic heterocycles. The summed E-state index contributed by atoms with van der Waals surface area (Å²) in [6, 6.07) is 0.528. The molecule has 0 amide bonds. The van der Waals surface area contributed by atoms with Gasteiger partial charge in [-0.2, -0.15) is 0 Å². The highest BCUT2D eigenvalue weighted by atomic mass is 16.5. The summed E-state index contributed by atoms with van der Waals surface area (Å²) in [6.45, 7) is 4.48. The van der Waals surface area contributed by atoms with E-state index in [1.165, 1.54) is 44.9 Å². The molecule has 0 aromatic rings. The summed E-state index contributed by atoms with van der Waals surface area (Å²) < 4.78 is 5.50. The van der Waals surface area contributed by atoms with Crippen molar-refractivity contribution in [3.8, 4) is 0 Å². The van der Waals surface area contributed by atoms with Crippen LogP contribution in [0.2, 0.25) is 0 Å². The molecule has 2 rings (SSSR count). The van der Waals surface area contributed by atoms with E-state index < -0.39 is 6.10 Å². The minimum atomic E-state index is -0.509. The van der Waals surface area contributed by atoms with E-state index in [2.05, 4.69) is 22.5 Å². The molecule has 5 nitrogen and oxygen atoms in total. The summed E-state index contributed by atoms with van der Waals surface area (Å²) in [5, 5.41) is 16.7. The molecule has 0 bridgehead atoms. The largest absolute Gasteiger partial charge is 0.389 e. The van der Waals surface area contributed by atoms with Crippen molar-refractivity contribution in [3.63, 3.8) is 0 Å². The minimum Gasteiger partial charge on any atom is -0.389 e. The van der Waals surface area contributed by atoms with Crippen LogP contribution in [0.5, 0.6) is 0 Å². The lowest BCUT2D eigenvalue weighted by Gasteiger charge is -2.25. The summed E-state index contributed by atoms with van der Waals surface area (Å²) in [7, 11) is 0. The van der Waals surface area contributed by atoms with Crippen LogP contribution in [0.15, 0.2) is 4.99 Å². The van der Waals surface area contributed by atoms with Crippen LogP contribution in [-0.2, 0) is 4.74 Å². The van der Waals surface area contributed by atoms with E-state index in [1.54, 1.807) is 0 Å². The van der Waals surface area contributed by atoms with E-state index in [0.717, 1.165) is 25.0 Å². The van der Waals surface area contributed by atoms with Crippen LogP contribution < -0.4 is 10.6 Å². The Morgan fingerprint density at radius 1 is 1.24 bits per heavy atom. The smallest absolute Gasteiger partial charge is 0.191 e. The van der Waals surface area contributed by atoms with E-state index in [9.17, 15) is 5.11 Å². The molecular weight excluding hydrogens is 266 g/mol. The van der Waals surface area contributed by atoms with Gasteiger partial charge in [-0.05, 0) is 38.5 Å². The number of aliphatic imine (C=N–C) groups is 1. The van der Waals surface area contributed by atoms with Crippen LogP contribution in [0.25, 0.3) is 0 Å². The van der Waals surface area contributed by atoms with Crippen molar-refractivity contribution in [1.82, 2.24) is 10.6 Å². The molecule has 0 spiro atoms. The summed E-state index contributed by atoms with van der Waals surface area (Å²) in [5.41, 5.74) is 0. The zero-order valence-corrected chi connectivity index (χ0v) is 13.3. The summed E-state index contributed by atoms with van der Waals surface area (Å²) in [6.07, 6.45) is 8.45. The minimum absolute atomic E-state index is 0.392. The van der Waals surface area contributed by atoms with Gasteiger partial charge >= 0.3 is 0 Å². The maximum Gasteiger partial charge on any atom is 0.191 e. The fourth-order valence-electron chi connectivity index (χ4n) is 2.66. The van der Waals surface area contributed by atoms with Crippen molar-refractivity contribution in [2.75, 3.05) is 26.3 Å². The first-order chi connectivity index (χ1) is 10.3. The number of rotatable bonds is 8. The number of hydrogen-bond donors (Lipinski definition) is 3. The zero-order valence-electron chi connectivity index (χ0n) is 13.3. The molecule has 0 saturated heterocycles. The Bertz CT molecular complexity index is 313. The van der Waals surface area contributed by atoms with Crippen LogP contribution in [0.3, 0.4) is 0 Å². The van der Waals surface area contributed by atoms with Crippen molar-refractivity contribution in [2.45, 2.75) is 64.0 Å². The van der Waals surface area contributed by atoms with Crippen molar-refractivity contribution in [1.29, 1.82) is 0 Å². The molecule has 0 radical (unpaired) electrons. The van der Waals surface area contributed by atoms with E-state index in [4.69, 9.17) is 4.74 Å². The highest BCUT2D eigenvalue weighted by molar-refractivity contribution is 5.80. The van der Waals surface area contributed by atoms with Gasteiger partial charge in [0.05, 0.1) is 19.3 Å². The third-order valence-corrected chi connectivity index (χ3v) is 4.11. The first-order valence-electron chi connectivity index (χ1n) is 8.58. The molecule has 0 heterocycles. The number of nitrogens with zero attached hydrogens (tertiary/aromatic N) is 1. The van der Waals surface area contributed by atoms with Crippen LogP contribution in [0.1, 0.15) is 51.9 Å². The van der Waals surface area contributed by atoms with E-state index in [1.807, 2.05) is 0 Å². The van der Waals surface area contributed by atoms with Crippen LogP contribution in [0, 0.1) is 5.92 Å². The van der Waals surface area contributed by atoms with Crippen molar-refractivity contribution < 1.29 is 9.84 Å². The van der Waals surface area contributed by atoms with Gasteiger partial charge in [0.2, 0.25) is 0 Å². The molecular formula is C16H31N3O2. The number of guanidine groups is 1. The predicted octanol–water partition coefficient (Wildman–Crippen LogP) is 1.66. The van der Waals surface area contributed by atoms with Crippen molar-refractivity contribution in [3.05, 3.63) is 0 Å². The molecule has 21 heavy (non-hydrogen) atoms. The van der Waals surface area contributed by atoms with Gasteiger partial charge in [-0.3, -0.25) is 4.99 Å². The number of ether oxygens (including phenoxy) is 1. The monoisotopic (exact) mass is 297 g/mol. The molecule has 2 saturated carbocycles. The van der Waals surface area contributed by atoms with E-state index in [0.29, 0.717) is 19.2 Å². The molecule has 3 N–H and O–H groups in total. The second kappa shape index (κ2) is 9.26. The Balaban J connectivity index is 1.67. The Morgan fingerprint density at radius 3 is 2.67 bits per heavy atom. The maximum atomic E-state index is 9.92. The van der Waals surface area contributed by atoms with Gasteiger partial charge < -0.3 is 20.5 Å². The average Bonchev–Trinajstić information content (AvgIpc) is 3.30. The van der Waals surface area contributed by atoms with Gasteiger partial charge in [-0.25, -0.2) is 0 Å². The first kappa shape index (κ1) is 16.6. The van der Waals surface area contributed by atoms with Gasteiger partial charge in [-0.15, -0.1) is 0 Å². The van der Waals surface area contributed by atoms with Gasteiger partial charge in [0, 0.05) is 19.2 Å². The SMILES string of the molecule is CCNC(=NCC(O)COCC1CC1)NC1CCCCC1. The van der Waals surface area contributed by atoms with Crippen molar-refractivity contribution in [2.24, 2.45) is 10.9 Å². The molecule has 2 aliphatic rings. The Kier molecular flexibility index (Phi) is 7.30. The van der Waals surface area contributed by atoms with Crippen LogP contribution in [0.4, 0.5) is 0 Å². The lowest BCUT2D eigenvalue weighted by Crippen LogP contribution is -2.44. The molecule has 0 aromatic heterocycles. The van der Waals surface area contributed by atoms with Gasteiger partial charge in [0.15, 0.2) is 5.96 Å². The highest BCUT2D eigenvalue weighted by Crippen LogP contribution is 2.28. The van der Waals surface area contributed by atoms with E-state index in [-0.39, 0.29) is 0 Å². The highest BCUT2D eigenvalue weighted by Gasteiger charge is 2.21. The Morgan fingerprint density at radius 2 is 2.00 bits per heavy atom. The quantitative estimate of drug-likeness (QED) is 0.471. The first-order valence-corrected chi connectivity index (χ1v) is 8.58. The third-order valence-electron chi connectivity index (χ3n) is 4.11. The Labute approximate surface area is 128 Å². The normalized spacial score (nSPS) is 22.1. The topological polar surface area (TPSA) is 65.9 Å². The van der Waals surface area contributed by atoms with Crippen molar-refractivity contribution >= 4 is 5.96 Å². The summed E-state index contributed by atoms with van der Waals surface area (Å²) >= 11 is 0. The number of aliphatic hydroxyl groups is 1. The predicted molar refractivity (Wildman–Crippen MR) is 85.5 cm³/mol. The Hall–Kier alpha value is -0.810. The van der Waals surface area contributed by atoms with E-state index >= 15 is 0 Å². The molecule has 1 unspecified atom stereocenters. The maximum absolute atomic E-state index is 9.92. The molecule has 2 fully saturated rings. The fourth-order valence-corrected chi connectivity index (χ4v) is 2.66. The number of nitrogens with one attached hydrogen (secondary N) is 2.